The highest BCUT2D eigenvalue weighted by Gasteiger charge is 2.54. The minimum absolute atomic E-state index is 0.0422. The molecule has 3 aromatic carbocycles. The SMILES string of the molecule is O=C(O)c1ccc2c(c1)C(=O)OC21c2ccc(O)cc2Oc2c1ccc(O)c2CNC(=O)C(F)(F)F. The van der Waals surface area contributed by atoms with E-state index in [9.17, 15) is 42.9 Å². The number of alkyl halides is 3. The standard InChI is InChI=1S/C24H14F3NO8/c25-24(26,27)22(34)28-9-13-17(30)6-5-16-19(13)35-18-8-11(29)2-4-15(18)23(16)14-3-1-10(20(31)32)7-12(14)21(33)36-23/h1-8,29-30H,9H2,(H,28,34)(H,31,32). The molecular formula is C24H14F3NO8. The van der Waals surface area contributed by atoms with E-state index < -0.39 is 41.9 Å². The van der Waals surface area contributed by atoms with E-state index in [1.165, 1.54) is 36.4 Å². The summed E-state index contributed by atoms with van der Waals surface area (Å²) in [6, 6.07) is 10.1. The number of aromatic carboxylic acids is 1. The van der Waals surface area contributed by atoms with Crippen LogP contribution in [0.5, 0.6) is 23.0 Å². The molecule has 4 N–H and O–H groups in total. The summed E-state index contributed by atoms with van der Waals surface area (Å²) in [5, 5.41) is 31.4. The lowest BCUT2D eigenvalue weighted by molar-refractivity contribution is -0.173. The number of esters is 1. The van der Waals surface area contributed by atoms with Crippen LogP contribution in [0.25, 0.3) is 0 Å². The molecule has 0 radical (unpaired) electrons. The monoisotopic (exact) mass is 501 g/mol. The van der Waals surface area contributed by atoms with Gasteiger partial charge in [-0.15, -0.1) is 0 Å². The average Bonchev–Trinajstić information content (AvgIpc) is 3.09. The van der Waals surface area contributed by atoms with E-state index in [0.717, 1.165) is 12.1 Å². The fraction of sp³-hybridized carbons (Fsp3) is 0.125. The van der Waals surface area contributed by atoms with Gasteiger partial charge >= 0.3 is 24.0 Å². The van der Waals surface area contributed by atoms with Gasteiger partial charge in [0, 0.05) is 22.8 Å². The molecule has 3 aromatic rings. The quantitative estimate of drug-likeness (QED) is 0.399. The topological polar surface area (TPSA) is 142 Å². The number of carbonyl (C=O) groups is 3. The summed E-state index contributed by atoms with van der Waals surface area (Å²) in [4.78, 5) is 35.8. The maximum absolute atomic E-state index is 12.9. The highest BCUT2D eigenvalue weighted by molar-refractivity contribution is 6.00. The number of ether oxygens (including phenoxy) is 2. The Labute approximate surface area is 199 Å². The number of carbonyl (C=O) groups excluding carboxylic acids is 2. The summed E-state index contributed by atoms with van der Waals surface area (Å²) in [6.45, 7) is -0.795. The van der Waals surface area contributed by atoms with Crippen LogP contribution in [0.2, 0.25) is 0 Å². The molecule has 1 amide bonds. The molecule has 5 rings (SSSR count). The Morgan fingerprint density at radius 2 is 1.67 bits per heavy atom. The predicted molar refractivity (Wildman–Crippen MR) is 113 cm³/mol. The number of amides is 1. The third-order valence-corrected chi connectivity index (χ3v) is 5.97. The fourth-order valence-corrected chi connectivity index (χ4v) is 4.39. The molecule has 1 spiro atoms. The van der Waals surface area contributed by atoms with E-state index in [1.807, 2.05) is 0 Å². The predicted octanol–water partition coefficient (Wildman–Crippen LogP) is 3.54. The first-order valence-electron chi connectivity index (χ1n) is 10.3. The molecule has 2 aliphatic rings. The Morgan fingerprint density at radius 3 is 2.36 bits per heavy atom. The minimum Gasteiger partial charge on any atom is -0.508 e. The number of carboxylic acid groups (broad SMARTS) is 1. The van der Waals surface area contributed by atoms with E-state index in [1.54, 1.807) is 5.32 Å². The Bertz CT molecular complexity index is 1480. The van der Waals surface area contributed by atoms with Crippen molar-refractivity contribution in [2.24, 2.45) is 0 Å². The van der Waals surface area contributed by atoms with Gasteiger partial charge in [-0.2, -0.15) is 13.2 Å². The third-order valence-electron chi connectivity index (χ3n) is 5.97. The molecule has 1 unspecified atom stereocenters. The number of benzene rings is 3. The molecule has 36 heavy (non-hydrogen) atoms. The van der Waals surface area contributed by atoms with Crippen LogP contribution in [0.4, 0.5) is 13.2 Å². The van der Waals surface area contributed by atoms with Crippen molar-refractivity contribution in [2.75, 3.05) is 0 Å². The van der Waals surface area contributed by atoms with Gasteiger partial charge in [0.25, 0.3) is 0 Å². The number of halogens is 3. The van der Waals surface area contributed by atoms with Crippen molar-refractivity contribution < 1.29 is 52.3 Å². The van der Waals surface area contributed by atoms with Crippen molar-refractivity contribution in [3.8, 4) is 23.0 Å². The lowest BCUT2D eigenvalue weighted by Crippen LogP contribution is -2.37. The van der Waals surface area contributed by atoms with E-state index in [0.29, 0.717) is 0 Å². The Balaban J connectivity index is 1.75. The summed E-state index contributed by atoms with van der Waals surface area (Å²) in [7, 11) is 0. The number of phenols is 2. The summed E-state index contributed by atoms with van der Waals surface area (Å²) in [6.07, 6.45) is -5.17. The molecule has 184 valence electrons. The number of nitrogens with one attached hydrogen (secondary N) is 1. The Morgan fingerprint density at radius 1 is 0.972 bits per heavy atom. The second-order valence-corrected chi connectivity index (χ2v) is 8.04. The summed E-state index contributed by atoms with van der Waals surface area (Å²) < 4.78 is 49.9. The second-order valence-electron chi connectivity index (χ2n) is 8.04. The lowest BCUT2D eigenvalue weighted by atomic mass is 9.76. The van der Waals surface area contributed by atoms with Crippen LogP contribution in [-0.2, 0) is 21.7 Å². The van der Waals surface area contributed by atoms with Gasteiger partial charge in [-0.3, -0.25) is 4.79 Å². The molecule has 0 fully saturated rings. The van der Waals surface area contributed by atoms with Gasteiger partial charge in [-0.1, -0.05) is 6.07 Å². The first kappa shape index (κ1) is 23.0. The first-order valence-corrected chi connectivity index (χ1v) is 10.3. The molecule has 0 aromatic heterocycles. The molecule has 0 aliphatic carbocycles. The van der Waals surface area contributed by atoms with Crippen molar-refractivity contribution >= 4 is 17.8 Å². The second kappa shape index (κ2) is 7.63. The molecule has 0 bridgehead atoms. The van der Waals surface area contributed by atoms with Crippen LogP contribution in [0.3, 0.4) is 0 Å². The zero-order valence-corrected chi connectivity index (χ0v) is 17.8. The lowest BCUT2D eigenvalue weighted by Gasteiger charge is -2.37. The summed E-state index contributed by atoms with van der Waals surface area (Å²) in [5.74, 6) is -5.41. The Hall–Kier alpha value is -4.74. The fourth-order valence-electron chi connectivity index (χ4n) is 4.39. The molecule has 2 aliphatic heterocycles. The molecule has 0 saturated carbocycles. The normalized spacial score (nSPS) is 17.5. The number of rotatable bonds is 3. The summed E-state index contributed by atoms with van der Waals surface area (Å²) in [5.41, 5.74) is -1.70. The molecular weight excluding hydrogens is 487 g/mol. The number of hydrogen-bond acceptors (Lipinski definition) is 7. The van der Waals surface area contributed by atoms with Gasteiger partial charge in [0.2, 0.25) is 0 Å². The number of aromatic hydroxyl groups is 2. The van der Waals surface area contributed by atoms with Gasteiger partial charge < -0.3 is 30.1 Å². The molecule has 0 saturated heterocycles. The molecule has 2 heterocycles. The van der Waals surface area contributed by atoms with Crippen LogP contribution < -0.4 is 10.1 Å². The first-order chi connectivity index (χ1) is 16.9. The average molecular weight is 501 g/mol. The van der Waals surface area contributed by atoms with Crippen LogP contribution in [0.15, 0.2) is 48.5 Å². The van der Waals surface area contributed by atoms with Crippen molar-refractivity contribution in [2.45, 2.75) is 18.3 Å². The van der Waals surface area contributed by atoms with Crippen molar-refractivity contribution in [1.29, 1.82) is 0 Å². The van der Waals surface area contributed by atoms with Gasteiger partial charge in [0.1, 0.15) is 23.0 Å². The van der Waals surface area contributed by atoms with Crippen molar-refractivity contribution in [3.05, 3.63) is 81.9 Å². The highest BCUT2D eigenvalue weighted by Crippen LogP contribution is 2.58. The number of fused-ring (bicyclic) bond motifs is 6. The van der Waals surface area contributed by atoms with Crippen LogP contribution in [0, 0.1) is 0 Å². The van der Waals surface area contributed by atoms with Gasteiger partial charge in [0.15, 0.2) is 5.60 Å². The minimum atomic E-state index is -5.17. The maximum Gasteiger partial charge on any atom is 0.471 e. The molecule has 1 atom stereocenters. The van der Waals surface area contributed by atoms with Gasteiger partial charge in [-0.05, 0) is 36.4 Å². The smallest absolute Gasteiger partial charge is 0.471 e. The number of carboxylic acids is 1. The molecule has 12 heteroatoms. The van der Waals surface area contributed by atoms with Gasteiger partial charge in [-0.25, -0.2) is 9.59 Å². The maximum atomic E-state index is 12.9. The van der Waals surface area contributed by atoms with Crippen molar-refractivity contribution in [3.63, 3.8) is 0 Å². The van der Waals surface area contributed by atoms with E-state index in [2.05, 4.69) is 0 Å². The van der Waals surface area contributed by atoms with Crippen LogP contribution in [-0.4, -0.2) is 39.3 Å². The number of phenolic OH excluding ortho intramolecular Hbond substituents is 2. The van der Waals surface area contributed by atoms with Crippen LogP contribution in [0.1, 0.15) is 43.0 Å². The van der Waals surface area contributed by atoms with E-state index >= 15 is 0 Å². The Kier molecular flexibility index (Phi) is 4.88. The third kappa shape index (κ3) is 3.29. The van der Waals surface area contributed by atoms with Gasteiger partial charge in [0.05, 0.1) is 23.2 Å². The molecule has 9 nitrogen and oxygen atoms in total. The number of hydrogen-bond donors (Lipinski definition) is 4. The summed E-state index contributed by atoms with van der Waals surface area (Å²) >= 11 is 0. The largest absolute Gasteiger partial charge is 0.508 e. The zero-order chi connectivity index (χ0) is 26.0. The van der Waals surface area contributed by atoms with Crippen LogP contribution >= 0.6 is 0 Å². The highest BCUT2D eigenvalue weighted by atomic mass is 19.4. The van der Waals surface area contributed by atoms with E-state index in [4.69, 9.17) is 9.47 Å². The van der Waals surface area contributed by atoms with Crippen molar-refractivity contribution in [1.82, 2.24) is 5.32 Å². The zero-order valence-electron chi connectivity index (χ0n) is 17.8. The van der Waals surface area contributed by atoms with E-state index in [-0.39, 0.29) is 50.6 Å².